The predicted molar refractivity (Wildman–Crippen MR) is 118 cm³/mol. The number of ether oxygens (including phenoxy) is 7. The first kappa shape index (κ1) is 24.8. The molecule has 0 spiro atoms. The summed E-state index contributed by atoms with van der Waals surface area (Å²) in [5.41, 5.74) is 0. The standard InChI is InChI=1S/C24H44NO7/c1-6-7-8-10-25(12-15-26-16-13-25)11-9-14-27-17-18-19-20(30-23(2,3)29-19)21-22(28-18)32-24(4,5)31-21/h18-22H,6-17H2,1-5H3/q+1/t18-,19+,20+,21-,22-/m1/s1. The van der Waals surface area contributed by atoms with Gasteiger partial charge in [0.05, 0.1) is 39.5 Å². The Morgan fingerprint density at radius 3 is 2.22 bits per heavy atom. The second kappa shape index (κ2) is 10.1. The Bertz CT molecular complexity index is 607. The van der Waals surface area contributed by atoms with Gasteiger partial charge in [0.15, 0.2) is 17.9 Å². The average Bonchev–Trinajstić information content (AvgIpc) is 3.22. The lowest BCUT2D eigenvalue weighted by atomic mass is 9.99. The van der Waals surface area contributed by atoms with Crippen LogP contribution in [-0.2, 0) is 33.2 Å². The van der Waals surface area contributed by atoms with Crippen LogP contribution in [-0.4, -0.2) is 99.4 Å². The zero-order valence-corrected chi connectivity index (χ0v) is 20.7. The summed E-state index contributed by atoms with van der Waals surface area (Å²) in [4.78, 5) is 0. The number of fused-ring (bicyclic) bond motifs is 3. The van der Waals surface area contributed by atoms with Crippen LogP contribution in [0.2, 0.25) is 0 Å². The minimum absolute atomic E-state index is 0.222. The Morgan fingerprint density at radius 2 is 1.47 bits per heavy atom. The Kier molecular flexibility index (Phi) is 7.84. The lowest BCUT2D eigenvalue weighted by Crippen LogP contribution is -2.56. The van der Waals surface area contributed by atoms with Crippen LogP contribution in [0.15, 0.2) is 0 Å². The van der Waals surface area contributed by atoms with Gasteiger partial charge in [0.25, 0.3) is 0 Å². The Hall–Kier alpha value is -0.320. The van der Waals surface area contributed by atoms with Crippen LogP contribution in [0.3, 0.4) is 0 Å². The molecule has 0 saturated carbocycles. The predicted octanol–water partition coefficient (Wildman–Crippen LogP) is 2.83. The molecular formula is C24H44NO7+. The molecule has 186 valence electrons. The van der Waals surface area contributed by atoms with Gasteiger partial charge in [0.1, 0.15) is 37.5 Å². The average molecular weight is 459 g/mol. The number of hydrogen-bond donors (Lipinski definition) is 0. The molecular weight excluding hydrogens is 414 g/mol. The number of hydrogen-bond acceptors (Lipinski definition) is 7. The number of unbranched alkanes of at least 4 members (excludes halogenated alkanes) is 2. The van der Waals surface area contributed by atoms with Gasteiger partial charge in [-0.2, -0.15) is 0 Å². The maximum absolute atomic E-state index is 6.24. The zero-order chi connectivity index (χ0) is 22.8. The lowest BCUT2D eigenvalue weighted by Gasteiger charge is -2.41. The van der Waals surface area contributed by atoms with Crippen molar-refractivity contribution in [2.75, 3.05) is 52.6 Å². The van der Waals surface area contributed by atoms with Crippen molar-refractivity contribution in [1.82, 2.24) is 0 Å². The molecule has 0 bridgehead atoms. The van der Waals surface area contributed by atoms with Gasteiger partial charge in [0, 0.05) is 6.42 Å². The quantitative estimate of drug-likeness (QED) is 0.368. The van der Waals surface area contributed by atoms with Crippen molar-refractivity contribution >= 4 is 0 Å². The highest BCUT2D eigenvalue weighted by atomic mass is 16.9. The van der Waals surface area contributed by atoms with Gasteiger partial charge >= 0.3 is 0 Å². The molecule has 4 saturated heterocycles. The van der Waals surface area contributed by atoms with Crippen LogP contribution in [0.25, 0.3) is 0 Å². The Morgan fingerprint density at radius 1 is 0.812 bits per heavy atom. The van der Waals surface area contributed by atoms with Gasteiger partial charge in [-0.15, -0.1) is 0 Å². The fourth-order valence-electron chi connectivity index (χ4n) is 5.52. The second-order valence-electron chi connectivity index (χ2n) is 10.7. The molecule has 4 aliphatic rings. The van der Waals surface area contributed by atoms with Crippen LogP contribution in [0.5, 0.6) is 0 Å². The van der Waals surface area contributed by atoms with Crippen molar-refractivity contribution < 1.29 is 37.6 Å². The molecule has 4 rings (SSSR count). The van der Waals surface area contributed by atoms with E-state index in [1.54, 1.807) is 0 Å². The summed E-state index contributed by atoms with van der Waals surface area (Å²) < 4.78 is 43.6. The molecule has 32 heavy (non-hydrogen) atoms. The first-order valence-electron chi connectivity index (χ1n) is 12.6. The molecule has 8 nitrogen and oxygen atoms in total. The van der Waals surface area contributed by atoms with Crippen LogP contribution in [0.4, 0.5) is 0 Å². The molecule has 5 atom stereocenters. The first-order chi connectivity index (χ1) is 15.2. The largest absolute Gasteiger partial charge is 0.378 e. The van der Waals surface area contributed by atoms with E-state index >= 15 is 0 Å². The van der Waals surface area contributed by atoms with Crippen molar-refractivity contribution in [3.8, 4) is 0 Å². The van der Waals surface area contributed by atoms with Crippen molar-refractivity contribution in [1.29, 1.82) is 0 Å². The third-order valence-corrected chi connectivity index (χ3v) is 7.11. The van der Waals surface area contributed by atoms with E-state index in [0.29, 0.717) is 13.2 Å². The molecule has 0 radical (unpaired) electrons. The van der Waals surface area contributed by atoms with E-state index in [9.17, 15) is 0 Å². The Balaban J connectivity index is 1.27. The summed E-state index contributed by atoms with van der Waals surface area (Å²) in [6.07, 6.45) is 3.47. The summed E-state index contributed by atoms with van der Waals surface area (Å²) in [6, 6.07) is 0. The highest BCUT2D eigenvalue weighted by Gasteiger charge is 2.60. The third kappa shape index (κ3) is 5.84. The van der Waals surface area contributed by atoms with Crippen LogP contribution < -0.4 is 0 Å². The van der Waals surface area contributed by atoms with Gasteiger partial charge < -0.3 is 37.6 Å². The van der Waals surface area contributed by atoms with E-state index in [1.165, 1.54) is 30.3 Å². The van der Waals surface area contributed by atoms with E-state index in [4.69, 9.17) is 33.2 Å². The van der Waals surface area contributed by atoms with Gasteiger partial charge in [-0.25, -0.2) is 0 Å². The summed E-state index contributed by atoms with van der Waals surface area (Å²) >= 11 is 0. The molecule has 0 unspecified atom stereocenters. The Labute approximate surface area is 193 Å². The zero-order valence-electron chi connectivity index (χ0n) is 20.7. The normalized spacial score (nSPS) is 37.2. The van der Waals surface area contributed by atoms with Gasteiger partial charge in [-0.1, -0.05) is 13.3 Å². The second-order valence-corrected chi connectivity index (χ2v) is 10.7. The number of morpholine rings is 1. The fourth-order valence-corrected chi connectivity index (χ4v) is 5.52. The molecule has 4 fully saturated rings. The van der Waals surface area contributed by atoms with Crippen molar-refractivity contribution in [3.63, 3.8) is 0 Å². The maximum atomic E-state index is 6.24. The summed E-state index contributed by atoms with van der Waals surface area (Å²) in [7, 11) is 0. The first-order valence-corrected chi connectivity index (χ1v) is 12.6. The molecule has 0 aliphatic carbocycles. The minimum Gasteiger partial charge on any atom is -0.378 e. The lowest BCUT2D eigenvalue weighted by molar-refractivity contribution is -0.935. The van der Waals surface area contributed by atoms with Crippen molar-refractivity contribution in [3.05, 3.63) is 0 Å². The summed E-state index contributed by atoms with van der Waals surface area (Å²) in [6.45, 7) is 17.5. The van der Waals surface area contributed by atoms with Crippen molar-refractivity contribution in [2.45, 2.75) is 103 Å². The topological polar surface area (TPSA) is 64.6 Å². The van der Waals surface area contributed by atoms with Gasteiger partial charge in [0.2, 0.25) is 0 Å². The molecule has 0 aromatic carbocycles. The van der Waals surface area contributed by atoms with Crippen LogP contribution in [0.1, 0.15) is 60.3 Å². The smallest absolute Gasteiger partial charge is 0.190 e. The summed E-state index contributed by atoms with van der Waals surface area (Å²) in [5.74, 6) is -1.37. The molecule has 0 amide bonds. The van der Waals surface area contributed by atoms with E-state index in [2.05, 4.69) is 6.92 Å². The molecule has 8 heteroatoms. The van der Waals surface area contributed by atoms with E-state index in [1.807, 2.05) is 27.7 Å². The van der Waals surface area contributed by atoms with Crippen molar-refractivity contribution in [2.24, 2.45) is 0 Å². The van der Waals surface area contributed by atoms with Crippen LogP contribution in [0, 0.1) is 0 Å². The number of rotatable bonds is 10. The van der Waals surface area contributed by atoms with E-state index in [-0.39, 0.29) is 24.4 Å². The number of quaternary nitrogens is 1. The molecule has 0 aromatic heterocycles. The van der Waals surface area contributed by atoms with E-state index in [0.717, 1.165) is 39.3 Å². The van der Waals surface area contributed by atoms with Crippen LogP contribution >= 0.6 is 0 Å². The summed E-state index contributed by atoms with van der Waals surface area (Å²) in [5, 5.41) is 0. The minimum atomic E-state index is -0.695. The van der Waals surface area contributed by atoms with E-state index < -0.39 is 17.9 Å². The number of nitrogens with zero attached hydrogens (tertiary/aromatic N) is 1. The SMILES string of the molecule is CCCCC[N+]1(CCCOC[C@H]2O[C@@H]3OC(C)(C)O[C@@H]3[C@H]3OC(C)(C)O[C@H]32)CCOCC1. The molecule has 4 heterocycles. The third-order valence-electron chi connectivity index (χ3n) is 7.11. The molecule has 4 aliphatic heterocycles. The molecule has 0 aromatic rings. The van der Waals surface area contributed by atoms with Gasteiger partial charge in [-0.3, -0.25) is 0 Å². The van der Waals surface area contributed by atoms with Gasteiger partial charge in [-0.05, 0) is 40.5 Å². The fraction of sp³-hybridized carbons (Fsp3) is 1.00. The molecule has 0 N–H and O–H groups in total. The highest BCUT2D eigenvalue weighted by molar-refractivity contribution is 5.00. The maximum Gasteiger partial charge on any atom is 0.190 e. The highest BCUT2D eigenvalue weighted by Crippen LogP contribution is 2.44. The monoisotopic (exact) mass is 458 g/mol.